The molecule has 1 aromatic carbocycles. The Morgan fingerprint density at radius 2 is 1.82 bits per heavy atom. The lowest BCUT2D eigenvalue weighted by Gasteiger charge is -2.35. The van der Waals surface area contributed by atoms with Gasteiger partial charge in [-0.05, 0) is 49.2 Å². The van der Waals surface area contributed by atoms with Crippen molar-refractivity contribution in [3.8, 4) is 11.1 Å². The number of anilines is 2. The number of hydrogen-bond donors (Lipinski definition) is 2. The lowest BCUT2D eigenvalue weighted by atomic mass is 10.0. The van der Waals surface area contributed by atoms with E-state index in [2.05, 4.69) is 20.5 Å². The molecule has 4 heterocycles. The average Bonchev–Trinajstić information content (AvgIpc) is 3.27. The standard InChI is InChI=1S/C28H31ClN8O2/c1-17-13-20(7-8-31-17)16-32-24-15-25(36-11-9-35(10-12-36)19(3)38)33-27-26(18(2)34-37(24)27)21-5-6-23(29)22(14-21)28(39)30-4/h5-8,13-15,32H,9-12,16H2,1-4H3,(H,30,39). The molecule has 2 N–H and O–H groups in total. The van der Waals surface area contributed by atoms with Crippen molar-refractivity contribution >= 4 is 40.7 Å². The van der Waals surface area contributed by atoms with Gasteiger partial charge < -0.3 is 20.4 Å². The molecule has 1 aliphatic heterocycles. The highest BCUT2D eigenvalue weighted by Gasteiger charge is 2.24. The molecule has 0 radical (unpaired) electrons. The average molecular weight is 547 g/mol. The number of benzene rings is 1. The Kier molecular flexibility index (Phi) is 7.38. The number of carbonyl (C=O) groups is 2. The predicted molar refractivity (Wildman–Crippen MR) is 152 cm³/mol. The first kappa shape index (κ1) is 26.4. The molecule has 1 saturated heterocycles. The number of carbonyl (C=O) groups excluding carboxylic acids is 2. The summed E-state index contributed by atoms with van der Waals surface area (Å²) < 4.78 is 1.81. The summed E-state index contributed by atoms with van der Waals surface area (Å²) in [5.41, 5.74) is 5.49. The van der Waals surface area contributed by atoms with E-state index in [1.807, 2.05) is 47.5 Å². The minimum Gasteiger partial charge on any atom is -0.366 e. The molecule has 0 bridgehead atoms. The molecule has 5 rings (SSSR count). The maximum atomic E-state index is 12.5. The summed E-state index contributed by atoms with van der Waals surface area (Å²) in [6, 6.07) is 11.4. The number of amides is 2. The second kappa shape index (κ2) is 10.9. The van der Waals surface area contributed by atoms with Crippen molar-refractivity contribution in [2.75, 3.05) is 43.4 Å². The van der Waals surface area contributed by atoms with E-state index < -0.39 is 0 Å². The van der Waals surface area contributed by atoms with Crippen LogP contribution < -0.4 is 15.5 Å². The van der Waals surface area contributed by atoms with Crippen molar-refractivity contribution in [1.29, 1.82) is 0 Å². The maximum absolute atomic E-state index is 12.5. The number of aromatic nitrogens is 4. The van der Waals surface area contributed by atoms with Crippen LogP contribution >= 0.6 is 11.6 Å². The van der Waals surface area contributed by atoms with E-state index in [0.29, 0.717) is 49.0 Å². The molecular weight excluding hydrogens is 516 g/mol. The Hall–Kier alpha value is -4.18. The van der Waals surface area contributed by atoms with Gasteiger partial charge in [-0.15, -0.1) is 0 Å². The Bertz CT molecular complexity index is 1560. The van der Waals surface area contributed by atoms with Crippen LogP contribution in [0.5, 0.6) is 0 Å². The van der Waals surface area contributed by atoms with E-state index >= 15 is 0 Å². The minimum atomic E-state index is -0.261. The normalized spacial score (nSPS) is 13.6. The Balaban J connectivity index is 1.60. The molecule has 1 aliphatic rings. The quantitative estimate of drug-likeness (QED) is 0.379. The molecule has 1 fully saturated rings. The predicted octanol–water partition coefficient (Wildman–Crippen LogP) is 3.70. The van der Waals surface area contributed by atoms with Crippen LogP contribution in [0.3, 0.4) is 0 Å². The molecule has 0 saturated carbocycles. The van der Waals surface area contributed by atoms with E-state index in [4.69, 9.17) is 21.7 Å². The fourth-order valence-electron chi connectivity index (χ4n) is 4.88. The van der Waals surface area contributed by atoms with Gasteiger partial charge in [0, 0.05) is 70.2 Å². The summed E-state index contributed by atoms with van der Waals surface area (Å²) in [5.74, 6) is 1.40. The number of halogens is 1. The van der Waals surface area contributed by atoms with Gasteiger partial charge in [0.2, 0.25) is 5.91 Å². The summed E-state index contributed by atoms with van der Waals surface area (Å²) in [4.78, 5) is 37.7. The van der Waals surface area contributed by atoms with Gasteiger partial charge >= 0.3 is 0 Å². The largest absolute Gasteiger partial charge is 0.366 e. The molecule has 0 atom stereocenters. The highest BCUT2D eigenvalue weighted by molar-refractivity contribution is 6.34. The second-order valence-corrected chi connectivity index (χ2v) is 10.0. The lowest BCUT2D eigenvalue weighted by molar-refractivity contribution is -0.129. The summed E-state index contributed by atoms with van der Waals surface area (Å²) in [7, 11) is 1.58. The first-order valence-electron chi connectivity index (χ1n) is 12.8. The zero-order chi connectivity index (χ0) is 27.7. The SMILES string of the molecule is CNC(=O)c1cc(-c2c(C)nn3c(NCc4ccnc(C)c4)cc(N4CCN(C(C)=O)CC4)nc23)ccc1Cl. The molecule has 0 aliphatic carbocycles. The highest BCUT2D eigenvalue weighted by atomic mass is 35.5. The van der Waals surface area contributed by atoms with Gasteiger partial charge in [-0.3, -0.25) is 14.6 Å². The number of aryl methyl sites for hydroxylation is 2. The van der Waals surface area contributed by atoms with Crippen LogP contribution in [0.25, 0.3) is 16.8 Å². The summed E-state index contributed by atoms with van der Waals surface area (Å²) in [6.45, 7) is 8.71. The van der Waals surface area contributed by atoms with E-state index in [-0.39, 0.29) is 11.8 Å². The minimum absolute atomic E-state index is 0.0800. The Labute approximate surface area is 232 Å². The van der Waals surface area contributed by atoms with Crippen molar-refractivity contribution in [2.45, 2.75) is 27.3 Å². The number of nitrogens with one attached hydrogen (secondary N) is 2. The molecule has 3 aromatic heterocycles. The van der Waals surface area contributed by atoms with Crippen molar-refractivity contribution < 1.29 is 9.59 Å². The van der Waals surface area contributed by atoms with Crippen LogP contribution in [-0.2, 0) is 11.3 Å². The molecule has 0 unspecified atom stereocenters. The molecule has 10 nitrogen and oxygen atoms in total. The molecule has 11 heteroatoms. The molecule has 202 valence electrons. The van der Waals surface area contributed by atoms with Crippen LogP contribution in [0.15, 0.2) is 42.6 Å². The number of rotatable bonds is 6. The number of pyridine rings is 1. The van der Waals surface area contributed by atoms with E-state index in [1.165, 1.54) is 0 Å². The fraction of sp³-hybridized carbons (Fsp3) is 0.321. The van der Waals surface area contributed by atoms with Gasteiger partial charge in [-0.2, -0.15) is 9.61 Å². The van der Waals surface area contributed by atoms with Crippen LogP contribution in [0, 0.1) is 13.8 Å². The van der Waals surface area contributed by atoms with Crippen molar-refractivity contribution in [3.05, 3.63) is 70.1 Å². The van der Waals surface area contributed by atoms with E-state index in [1.54, 1.807) is 32.3 Å². The first-order valence-corrected chi connectivity index (χ1v) is 13.2. The molecule has 2 amide bonds. The molecular formula is C28H31ClN8O2. The summed E-state index contributed by atoms with van der Waals surface area (Å²) >= 11 is 6.34. The monoisotopic (exact) mass is 546 g/mol. The van der Waals surface area contributed by atoms with Crippen molar-refractivity contribution in [2.24, 2.45) is 0 Å². The van der Waals surface area contributed by atoms with Crippen molar-refractivity contribution in [1.82, 2.24) is 29.8 Å². The van der Waals surface area contributed by atoms with Crippen molar-refractivity contribution in [3.63, 3.8) is 0 Å². The summed E-state index contributed by atoms with van der Waals surface area (Å²) in [6.07, 6.45) is 1.80. The van der Waals surface area contributed by atoms with Gasteiger partial charge in [0.25, 0.3) is 5.91 Å². The zero-order valence-corrected chi connectivity index (χ0v) is 23.2. The van der Waals surface area contributed by atoms with Gasteiger partial charge in [-0.1, -0.05) is 17.7 Å². The Morgan fingerprint density at radius 1 is 1.05 bits per heavy atom. The van der Waals surface area contributed by atoms with E-state index in [0.717, 1.165) is 39.7 Å². The highest BCUT2D eigenvalue weighted by Crippen LogP contribution is 2.33. The molecule has 0 spiro atoms. The summed E-state index contributed by atoms with van der Waals surface area (Å²) in [5, 5.41) is 11.4. The molecule has 4 aromatic rings. The van der Waals surface area contributed by atoms with Gasteiger partial charge in [0.15, 0.2) is 5.65 Å². The third kappa shape index (κ3) is 5.37. The lowest BCUT2D eigenvalue weighted by Crippen LogP contribution is -2.48. The number of nitrogens with zero attached hydrogens (tertiary/aromatic N) is 6. The fourth-order valence-corrected chi connectivity index (χ4v) is 5.09. The van der Waals surface area contributed by atoms with Gasteiger partial charge in [0.05, 0.1) is 16.3 Å². The van der Waals surface area contributed by atoms with E-state index in [9.17, 15) is 9.59 Å². The first-order chi connectivity index (χ1) is 18.7. The third-order valence-corrected chi connectivity index (χ3v) is 7.29. The Morgan fingerprint density at radius 3 is 2.51 bits per heavy atom. The number of piperazine rings is 1. The third-order valence-electron chi connectivity index (χ3n) is 6.96. The number of hydrogen-bond acceptors (Lipinski definition) is 7. The van der Waals surface area contributed by atoms with Crippen LogP contribution in [-0.4, -0.2) is 69.5 Å². The zero-order valence-electron chi connectivity index (χ0n) is 22.5. The van der Waals surface area contributed by atoms with Crippen LogP contribution in [0.2, 0.25) is 5.02 Å². The van der Waals surface area contributed by atoms with Gasteiger partial charge in [-0.25, -0.2) is 4.98 Å². The van der Waals surface area contributed by atoms with Crippen LogP contribution in [0.4, 0.5) is 11.6 Å². The molecule has 39 heavy (non-hydrogen) atoms. The maximum Gasteiger partial charge on any atom is 0.252 e. The second-order valence-electron chi connectivity index (χ2n) is 9.62. The smallest absolute Gasteiger partial charge is 0.252 e. The number of fused-ring (bicyclic) bond motifs is 1. The topological polar surface area (TPSA) is 108 Å². The van der Waals surface area contributed by atoms with Gasteiger partial charge in [0.1, 0.15) is 11.6 Å². The van der Waals surface area contributed by atoms with Crippen LogP contribution in [0.1, 0.15) is 34.2 Å².